The van der Waals surface area contributed by atoms with E-state index in [1.54, 1.807) is 0 Å². The van der Waals surface area contributed by atoms with Crippen LogP contribution in [0.4, 0.5) is 22.0 Å². The molecule has 0 radical (unpaired) electrons. The third kappa shape index (κ3) is 2.70. The summed E-state index contributed by atoms with van der Waals surface area (Å²) in [4.78, 5) is 3.46. The highest BCUT2D eigenvalue weighted by Crippen LogP contribution is 2.39. The van der Waals surface area contributed by atoms with Crippen molar-refractivity contribution in [2.45, 2.75) is 25.9 Å². The second-order valence-electron chi connectivity index (χ2n) is 3.29. The number of halogens is 5. The Hall–Kier alpha value is -1.71. The Morgan fingerprint density at radius 2 is 2.00 bits per heavy atom. The number of pyridine rings is 1. The van der Waals surface area contributed by atoms with E-state index in [2.05, 4.69) is 4.98 Å². The van der Waals surface area contributed by atoms with Gasteiger partial charge in [-0.2, -0.15) is 18.4 Å². The minimum Gasteiger partial charge on any atom is -0.261 e. The molecule has 7 heteroatoms. The number of rotatable bonds is 2. The zero-order valence-electron chi connectivity index (χ0n) is 8.65. The van der Waals surface area contributed by atoms with E-state index in [9.17, 15) is 22.0 Å². The molecule has 0 aliphatic carbocycles. The van der Waals surface area contributed by atoms with Crippen molar-refractivity contribution in [2.24, 2.45) is 0 Å². The van der Waals surface area contributed by atoms with E-state index in [4.69, 9.17) is 5.26 Å². The first-order chi connectivity index (χ1) is 7.79. The van der Waals surface area contributed by atoms with E-state index in [1.807, 2.05) is 0 Å². The molecule has 0 amide bonds. The zero-order valence-corrected chi connectivity index (χ0v) is 8.65. The summed E-state index contributed by atoms with van der Waals surface area (Å²) in [6.45, 7) is 1.25. The quantitative estimate of drug-likeness (QED) is 0.754. The smallest absolute Gasteiger partial charge is 0.261 e. The van der Waals surface area contributed by atoms with Gasteiger partial charge in [-0.15, -0.1) is 0 Å². The maximum Gasteiger partial charge on any atom is 0.417 e. The zero-order chi connectivity index (χ0) is 13.2. The number of alkyl halides is 5. The molecule has 1 heterocycles. The molecule has 0 atom stereocenters. The Labute approximate surface area is 93.7 Å². The molecule has 0 bridgehead atoms. The fraction of sp³-hybridized carbons (Fsp3) is 0.400. The molecule has 0 saturated carbocycles. The number of aromatic nitrogens is 1. The Morgan fingerprint density at radius 1 is 1.41 bits per heavy atom. The van der Waals surface area contributed by atoms with Crippen LogP contribution in [0.25, 0.3) is 0 Å². The number of aryl methyl sites for hydroxylation is 1. The first-order valence-corrected chi connectivity index (χ1v) is 4.49. The minimum atomic E-state index is -4.92. The van der Waals surface area contributed by atoms with Crippen LogP contribution in [-0.2, 0) is 12.6 Å². The molecule has 0 aromatic carbocycles. The lowest BCUT2D eigenvalue weighted by Crippen LogP contribution is -2.15. The molecular formula is C10H7F5N2. The molecule has 1 aromatic rings. The minimum absolute atomic E-state index is 0.0664. The largest absolute Gasteiger partial charge is 0.417 e. The predicted octanol–water partition coefficient (Wildman–Crippen LogP) is 3.41. The van der Waals surface area contributed by atoms with E-state index in [0.29, 0.717) is 6.20 Å². The first kappa shape index (κ1) is 13.4. The normalized spacial score (nSPS) is 11.6. The van der Waals surface area contributed by atoms with Crippen LogP contribution in [0.15, 0.2) is 6.20 Å². The Balaban J connectivity index is 3.57. The summed E-state index contributed by atoms with van der Waals surface area (Å²) in [5, 5.41) is 8.43. The molecule has 17 heavy (non-hydrogen) atoms. The number of nitrogens with zero attached hydrogens (tertiary/aromatic N) is 2. The standard InChI is InChI=1S/C10H7F5N2/c1-5-6(2-3-16)8(10(13,14)15)7(4-17-5)9(11)12/h4,9H,2H2,1H3. The summed E-state index contributed by atoms with van der Waals surface area (Å²) in [7, 11) is 0. The Kier molecular flexibility index (Phi) is 3.66. The molecule has 0 fully saturated rings. The molecule has 92 valence electrons. The van der Waals surface area contributed by atoms with E-state index in [1.165, 1.54) is 13.0 Å². The van der Waals surface area contributed by atoms with E-state index in [-0.39, 0.29) is 5.69 Å². The molecule has 2 nitrogen and oxygen atoms in total. The highest BCUT2D eigenvalue weighted by Gasteiger charge is 2.39. The summed E-state index contributed by atoms with van der Waals surface area (Å²) in [6.07, 6.45) is -8.30. The van der Waals surface area contributed by atoms with Gasteiger partial charge in [0.2, 0.25) is 0 Å². The van der Waals surface area contributed by atoms with Crippen molar-refractivity contribution in [1.29, 1.82) is 5.26 Å². The third-order valence-corrected chi connectivity index (χ3v) is 2.20. The van der Waals surface area contributed by atoms with E-state index >= 15 is 0 Å². The highest BCUT2D eigenvalue weighted by atomic mass is 19.4. The lowest BCUT2D eigenvalue weighted by molar-refractivity contribution is -0.140. The van der Waals surface area contributed by atoms with Gasteiger partial charge in [0.15, 0.2) is 0 Å². The van der Waals surface area contributed by atoms with Crippen molar-refractivity contribution in [3.63, 3.8) is 0 Å². The van der Waals surface area contributed by atoms with Crippen LogP contribution in [0.5, 0.6) is 0 Å². The van der Waals surface area contributed by atoms with Crippen molar-refractivity contribution < 1.29 is 22.0 Å². The lowest BCUT2D eigenvalue weighted by Gasteiger charge is -2.16. The van der Waals surface area contributed by atoms with Gasteiger partial charge >= 0.3 is 6.18 Å². The summed E-state index contributed by atoms with van der Waals surface area (Å²) >= 11 is 0. The predicted molar refractivity (Wildman–Crippen MR) is 48.3 cm³/mol. The van der Waals surface area contributed by atoms with Crippen LogP contribution in [0.1, 0.15) is 28.8 Å². The second-order valence-corrected chi connectivity index (χ2v) is 3.29. The van der Waals surface area contributed by atoms with Gasteiger partial charge in [0.05, 0.1) is 18.1 Å². The van der Waals surface area contributed by atoms with Gasteiger partial charge in [0.25, 0.3) is 6.43 Å². The SMILES string of the molecule is Cc1ncc(C(F)F)c(C(F)(F)F)c1CC#N. The lowest BCUT2D eigenvalue weighted by atomic mass is 9.99. The fourth-order valence-electron chi connectivity index (χ4n) is 1.46. The molecule has 0 N–H and O–H groups in total. The molecule has 0 spiro atoms. The average Bonchev–Trinajstić information content (AvgIpc) is 2.18. The van der Waals surface area contributed by atoms with Crippen molar-refractivity contribution in [1.82, 2.24) is 4.98 Å². The Morgan fingerprint density at radius 3 is 2.41 bits per heavy atom. The molecule has 0 aliphatic heterocycles. The van der Waals surface area contributed by atoms with Gasteiger partial charge in [-0.1, -0.05) is 0 Å². The van der Waals surface area contributed by atoms with Gasteiger partial charge in [-0.25, -0.2) is 8.78 Å². The van der Waals surface area contributed by atoms with Gasteiger partial charge in [-0.3, -0.25) is 4.98 Å². The molecule has 0 aliphatic rings. The van der Waals surface area contributed by atoms with E-state index < -0.39 is 35.7 Å². The van der Waals surface area contributed by atoms with Crippen molar-refractivity contribution in [2.75, 3.05) is 0 Å². The number of hydrogen-bond donors (Lipinski definition) is 0. The number of nitriles is 1. The second kappa shape index (κ2) is 4.65. The average molecular weight is 250 g/mol. The summed E-state index contributed by atoms with van der Waals surface area (Å²) in [5.74, 6) is 0. The van der Waals surface area contributed by atoms with Crippen LogP contribution in [0, 0.1) is 18.3 Å². The van der Waals surface area contributed by atoms with Crippen LogP contribution in [0.2, 0.25) is 0 Å². The molecular weight excluding hydrogens is 243 g/mol. The van der Waals surface area contributed by atoms with Crippen LogP contribution >= 0.6 is 0 Å². The summed E-state index contributed by atoms with van der Waals surface area (Å²) in [5.41, 5.74) is -3.18. The van der Waals surface area contributed by atoms with Crippen LogP contribution in [0.3, 0.4) is 0 Å². The van der Waals surface area contributed by atoms with Gasteiger partial charge in [0.1, 0.15) is 0 Å². The monoisotopic (exact) mass is 250 g/mol. The third-order valence-electron chi connectivity index (χ3n) is 2.20. The van der Waals surface area contributed by atoms with Gasteiger partial charge < -0.3 is 0 Å². The van der Waals surface area contributed by atoms with Gasteiger partial charge in [0, 0.05) is 23.0 Å². The van der Waals surface area contributed by atoms with Crippen molar-refractivity contribution >= 4 is 0 Å². The fourth-order valence-corrected chi connectivity index (χ4v) is 1.46. The highest BCUT2D eigenvalue weighted by molar-refractivity contribution is 5.40. The summed E-state index contributed by atoms with van der Waals surface area (Å²) < 4.78 is 63.1. The number of hydrogen-bond acceptors (Lipinski definition) is 2. The first-order valence-electron chi connectivity index (χ1n) is 4.49. The van der Waals surface area contributed by atoms with Crippen molar-refractivity contribution in [3.8, 4) is 6.07 Å². The van der Waals surface area contributed by atoms with E-state index in [0.717, 1.165) is 0 Å². The van der Waals surface area contributed by atoms with Crippen LogP contribution < -0.4 is 0 Å². The maximum absolute atomic E-state index is 12.7. The molecule has 0 unspecified atom stereocenters. The topological polar surface area (TPSA) is 36.7 Å². The summed E-state index contributed by atoms with van der Waals surface area (Å²) in [6, 6.07) is 1.52. The maximum atomic E-state index is 12.7. The molecule has 0 saturated heterocycles. The van der Waals surface area contributed by atoms with Gasteiger partial charge in [-0.05, 0) is 6.92 Å². The molecule has 1 aromatic heterocycles. The molecule has 1 rings (SSSR count). The van der Waals surface area contributed by atoms with Crippen molar-refractivity contribution in [3.05, 3.63) is 28.6 Å². The Bertz CT molecular complexity index is 459. The van der Waals surface area contributed by atoms with Crippen LogP contribution in [-0.4, -0.2) is 4.98 Å².